The first-order valence-corrected chi connectivity index (χ1v) is 12.9. The fourth-order valence-electron chi connectivity index (χ4n) is 4.69. The van der Waals surface area contributed by atoms with Gasteiger partial charge in [0.15, 0.2) is 0 Å². The number of nitro groups is 2. The number of nitrogens with zero attached hydrogens (tertiary/aromatic N) is 4. The van der Waals surface area contributed by atoms with Crippen LogP contribution in [-0.2, 0) is 18.9 Å². The molecule has 2 heterocycles. The number of alkyl halides is 6. The molecule has 2 aliphatic heterocycles. The molecule has 0 radical (unpaired) electrons. The molecule has 41 heavy (non-hydrogen) atoms. The maximum Gasteiger partial charge on any atom is 0.416 e. The lowest BCUT2D eigenvalue weighted by molar-refractivity contribution is -0.385. The van der Waals surface area contributed by atoms with Crippen LogP contribution in [0.2, 0.25) is 0 Å². The number of nitro benzene ring substituents is 2. The molecule has 9 nitrogen and oxygen atoms in total. The standard InChI is InChI=1S/C13H13F3N2O3.C13H15F3N2O2/c14-13(15,16)10-6-9(7-11(8-10)18(20)21)12(19)17-4-2-1-3-5-17;14-13(15,16)11-6-10(7-12(8-11)18(19)20)9-17-4-2-1-3-5-17/h6-8H,1-5H2;6-8H,1-5,9H2. The third kappa shape index (κ3) is 9.13. The molecule has 0 spiro atoms. The van der Waals surface area contributed by atoms with Crippen molar-refractivity contribution in [3.05, 3.63) is 78.9 Å². The smallest absolute Gasteiger partial charge is 0.339 e. The lowest BCUT2D eigenvalue weighted by Crippen LogP contribution is -2.35. The summed E-state index contributed by atoms with van der Waals surface area (Å²) in [6, 6.07) is 4.81. The molecule has 0 atom stereocenters. The highest BCUT2D eigenvalue weighted by molar-refractivity contribution is 5.95. The fourth-order valence-corrected chi connectivity index (χ4v) is 4.69. The van der Waals surface area contributed by atoms with E-state index in [0.29, 0.717) is 43.4 Å². The number of piperidine rings is 2. The summed E-state index contributed by atoms with van der Waals surface area (Å²) in [5, 5.41) is 21.5. The monoisotopic (exact) mass is 590 g/mol. The van der Waals surface area contributed by atoms with Gasteiger partial charge in [0.2, 0.25) is 0 Å². The molecule has 1 amide bonds. The lowest BCUT2D eigenvalue weighted by Gasteiger charge is -2.26. The molecule has 0 aliphatic carbocycles. The van der Waals surface area contributed by atoms with E-state index in [0.717, 1.165) is 63.7 Å². The summed E-state index contributed by atoms with van der Waals surface area (Å²) >= 11 is 0. The molecule has 2 fully saturated rings. The van der Waals surface area contributed by atoms with Crippen LogP contribution in [-0.4, -0.2) is 51.7 Å². The van der Waals surface area contributed by atoms with Gasteiger partial charge in [-0.1, -0.05) is 6.42 Å². The van der Waals surface area contributed by atoms with E-state index < -0.39 is 50.6 Å². The first-order valence-electron chi connectivity index (χ1n) is 12.9. The predicted octanol–water partition coefficient (Wildman–Crippen LogP) is 6.84. The molecule has 2 aromatic rings. The van der Waals surface area contributed by atoms with E-state index in [4.69, 9.17) is 0 Å². The van der Waals surface area contributed by atoms with Gasteiger partial charge in [0.05, 0.1) is 21.0 Å². The summed E-state index contributed by atoms with van der Waals surface area (Å²) in [6.07, 6.45) is -3.61. The van der Waals surface area contributed by atoms with E-state index >= 15 is 0 Å². The number of amides is 1. The Bertz CT molecular complexity index is 1260. The maximum absolute atomic E-state index is 12.8. The zero-order valence-electron chi connectivity index (χ0n) is 21.8. The third-order valence-electron chi connectivity index (χ3n) is 6.72. The van der Waals surface area contributed by atoms with Crippen LogP contribution in [0, 0.1) is 20.2 Å². The maximum atomic E-state index is 12.8. The van der Waals surface area contributed by atoms with E-state index in [2.05, 4.69) is 0 Å². The zero-order chi connectivity index (χ0) is 30.4. The molecule has 0 aromatic heterocycles. The summed E-state index contributed by atoms with van der Waals surface area (Å²) < 4.78 is 76.6. The van der Waals surface area contributed by atoms with E-state index in [1.54, 1.807) is 0 Å². The number of carbonyl (C=O) groups excluding carboxylic acids is 1. The third-order valence-corrected chi connectivity index (χ3v) is 6.72. The zero-order valence-corrected chi connectivity index (χ0v) is 21.8. The van der Waals surface area contributed by atoms with Crippen molar-refractivity contribution in [2.75, 3.05) is 26.2 Å². The SMILES string of the molecule is O=C(c1cc([N+](=O)[O-])cc(C(F)(F)F)c1)N1CCCCC1.O=[N+]([O-])c1cc(CN2CCCCC2)cc(C(F)(F)F)c1. The normalized spacial score (nSPS) is 16.5. The highest BCUT2D eigenvalue weighted by Crippen LogP contribution is 2.34. The molecule has 2 aliphatic rings. The Kier molecular flexibility index (Phi) is 10.3. The molecule has 2 aromatic carbocycles. The summed E-state index contributed by atoms with van der Waals surface area (Å²) in [7, 11) is 0. The van der Waals surface area contributed by atoms with Gasteiger partial charge >= 0.3 is 12.4 Å². The van der Waals surface area contributed by atoms with Gasteiger partial charge in [-0.3, -0.25) is 29.9 Å². The van der Waals surface area contributed by atoms with Crippen molar-refractivity contribution >= 4 is 17.3 Å². The number of benzene rings is 2. The van der Waals surface area contributed by atoms with E-state index in [1.807, 2.05) is 4.90 Å². The summed E-state index contributed by atoms with van der Waals surface area (Å²) in [5.41, 5.74) is -3.33. The van der Waals surface area contributed by atoms with Crippen LogP contribution in [0.15, 0.2) is 36.4 Å². The number of halogens is 6. The number of non-ortho nitro benzene ring substituents is 2. The molecule has 4 rings (SSSR count). The van der Waals surface area contributed by atoms with Crippen molar-refractivity contribution in [2.24, 2.45) is 0 Å². The van der Waals surface area contributed by atoms with Gasteiger partial charge in [-0.15, -0.1) is 0 Å². The minimum absolute atomic E-state index is 0.293. The highest BCUT2D eigenvalue weighted by atomic mass is 19.4. The van der Waals surface area contributed by atoms with E-state index in [1.165, 1.54) is 11.0 Å². The number of rotatable bonds is 5. The predicted molar refractivity (Wildman–Crippen MR) is 135 cm³/mol. The second-order valence-corrected chi connectivity index (χ2v) is 9.86. The Labute approximate surface area is 231 Å². The van der Waals surface area contributed by atoms with Crippen LogP contribution in [0.4, 0.5) is 37.7 Å². The van der Waals surface area contributed by atoms with Crippen LogP contribution in [0.1, 0.15) is 65.6 Å². The summed E-state index contributed by atoms with van der Waals surface area (Å²) in [6.45, 7) is 2.89. The van der Waals surface area contributed by atoms with Gasteiger partial charge < -0.3 is 4.90 Å². The number of hydrogen-bond acceptors (Lipinski definition) is 6. The average Bonchev–Trinajstić information content (AvgIpc) is 2.92. The van der Waals surface area contributed by atoms with E-state index in [9.17, 15) is 51.4 Å². The second-order valence-electron chi connectivity index (χ2n) is 9.86. The first kappa shape index (κ1) is 31.8. The van der Waals surface area contributed by atoms with Gasteiger partial charge in [-0.2, -0.15) is 26.3 Å². The molecular formula is C26H28F6N4O5. The number of carbonyl (C=O) groups is 1. The van der Waals surface area contributed by atoms with Crippen molar-refractivity contribution in [3.63, 3.8) is 0 Å². The summed E-state index contributed by atoms with van der Waals surface area (Å²) in [5.74, 6) is -0.594. The Balaban J connectivity index is 0.000000226. The number of likely N-dealkylation sites (tertiary alicyclic amines) is 2. The van der Waals surface area contributed by atoms with Crippen molar-refractivity contribution in [3.8, 4) is 0 Å². The van der Waals surface area contributed by atoms with Crippen LogP contribution in [0.5, 0.6) is 0 Å². The van der Waals surface area contributed by atoms with Crippen LogP contribution >= 0.6 is 0 Å². The van der Waals surface area contributed by atoms with Gasteiger partial charge in [0.25, 0.3) is 17.3 Å². The van der Waals surface area contributed by atoms with Gasteiger partial charge in [0.1, 0.15) is 0 Å². The Morgan fingerprint density at radius 1 is 0.683 bits per heavy atom. The van der Waals surface area contributed by atoms with Gasteiger partial charge in [-0.25, -0.2) is 0 Å². The fraction of sp³-hybridized carbons (Fsp3) is 0.500. The van der Waals surface area contributed by atoms with Crippen molar-refractivity contribution < 1.29 is 41.0 Å². The van der Waals surface area contributed by atoms with Crippen LogP contribution in [0.3, 0.4) is 0 Å². The van der Waals surface area contributed by atoms with Crippen LogP contribution in [0.25, 0.3) is 0 Å². The topological polar surface area (TPSA) is 110 Å². The molecule has 0 N–H and O–H groups in total. The molecule has 2 saturated heterocycles. The lowest BCUT2D eigenvalue weighted by atomic mass is 10.1. The van der Waals surface area contributed by atoms with E-state index in [-0.39, 0.29) is 5.56 Å². The van der Waals surface area contributed by atoms with Crippen molar-refractivity contribution in [1.29, 1.82) is 0 Å². The minimum Gasteiger partial charge on any atom is -0.339 e. The number of hydrogen-bond donors (Lipinski definition) is 0. The molecule has 0 unspecified atom stereocenters. The highest BCUT2D eigenvalue weighted by Gasteiger charge is 2.34. The van der Waals surface area contributed by atoms with Gasteiger partial charge in [-0.05, 0) is 62.9 Å². The molecule has 15 heteroatoms. The molecule has 224 valence electrons. The Morgan fingerprint density at radius 2 is 1.15 bits per heavy atom. The van der Waals surface area contributed by atoms with Crippen molar-refractivity contribution in [1.82, 2.24) is 9.80 Å². The Hall–Kier alpha value is -3.75. The van der Waals surface area contributed by atoms with Gasteiger partial charge in [0, 0.05) is 49.5 Å². The minimum atomic E-state index is -4.73. The molecule has 0 bridgehead atoms. The largest absolute Gasteiger partial charge is 0.416 e. The quantitative estimate of drug-likeness (QED) is 0.214. The summed E-state index contributed by atoms with van der Waals surface area (Å²) in [4.78, 5) is 35.4. The first-order chi connectivity index (χ1) is 19.1. The van der Waals surface area contributed by atoms with Crippen molar-refractivity contribution in [2.45, 2.75) is 57.4 Å². The Morgan fingerprint density at radius 3 is 1.63 bits per heavy atom. The molecule has 0 saturated carbocycles. The van der Waals surface area contributed by atoms with Crippen LogP contribution < -0.4 is 0 Å². The molecular weight excluding hydrogens is 562 g/mol. The average molecular weight is 591 g/mol. The second kappa shape index (κ2) is 13.3.